The van der Waals surface area contributed by atoms with Gasteiger partial charge in [-0.25, -0.2) is 4.79 Å². The van der Waals surface area contributed by atoms with Gasteiger partial charge in [0.05, 0.1) is 28.8 Å². The van der Waals surface area contributed by atoms with Crippen LogP contribution in [0.25, 0.3) is 0 Å². The van der Waals surface area contributed by atoms with E-state index in [-0.39, 0.29) is 22.4 Å². The van der Waals surface area contributed by atoms with Gasteiger partial charge in [0.25, 0.3) is 0 Å². The zero-order valence-corrected chi connectivity index (χ0v) is 14.9. The number of carbonyl (C=O) groups excluding carboxylic acids is 1. The highest BCUT2D eigenvalue weighted by molar-refractivity contribution is 6.37. The van der Waals surface area contributed by atoms with Gasteiger partial charge in [-0.15, -0.1) is 0 Å². The number of esters is 1. The lowest BCUT2D eigenvalue weighted by atomic mass is 10.2. The molecule has 24 heavy (non-hydrogen) atoms. The standard InChI is InChI=1S/C17H15Cl3O4/c18-12-5-3-4-11(8-12)17(22)24-7-2-1-6-23-16-14(19)9-13(21)10-15(16)20/h3-5,8-10,21H,1-2,6-7H2. The number of rotatable bonds is 7. The Hall–Kier alpha value is -1.62. The molecule has 0 aromatic heterocycles. The molecular weight excluding hydrogens is 375 g/mol. The van der Waals surface area contributed by atoms with Crippen LogP contribution < -0.4 is 4.74 Å². The van der Waals surface area contributed by atoms with E-state index >= 15 is 0 Å². The van der Waals surface area contributed by atoms with E-state index in [0.29, 0.717) is 35.8 Å². The van der Waals surface area contributed by atoms with Crippen molar-refractivity contribution < 1.29 is 19.4 Å². The maximum atomic E-state index is 11.8. The third-order valence-corrected chi connectivity index (χ3v) is 3.86. The number of hydrogen-bond donors (Lipinski definition) is 1. The number of phenolic OH excluding ortho intramolecular Hbond substituents is 1. The van der Waals surface area contributed by atoms with E-state index in [1.807, 2.05) is 0 Å². The summed E-state index contributed by atoms with van der Waals surface area (Å²) < 4.78 is 10.7. The predicted molar refractivity (Wildman–Crippen MR) is 94.6 cm³/mol. The van der Waals surface area contributed by atoms with Gasteiger partial charge in [0.15, 0.2) is 5.75 Å². The van der Waals surface area contributed by atoms with Gasteiger partial charge >= 0.3 is 5.97 Å². The monoisotopic (exact) mass is 388 g/mol. The molecule has 0 aliphatic rings. The minimum atomic E-state index is -0.414. The third kappa shape index (κ3) is 5.48. The Morgan fingerprint density at radius 3 is 2.33 bits per heavy atom. The minimum Gasteiger partial charge on any atom is -0.508 e. The summed E-state index contributed by atoms with van der Waals surface area (Å²) in [6.45, 7) is 0.630. The van der Waals surface area contributed by atoms with E-state index < -0.39 is 5.97 Å². The summed E-state index contributed by atoms with van der Waals surface area (Å²) in [5.74, 6) is -0.111. The van der Waals surface area contributed by atoms with Crippen LogP contribution in [0.2, 0.25) is 15.1 Å². The lowest BCUT2D eigenvalue weighted by molar-refractivity contribution is 0.0494. The lowest BCUT2D eigenvalue weighted by Crippen LogP contribution is -2.07. The second-order valence-electron chi connectivity index (χ2n) is 4.94. The molecule has 0 saturated carbocycles. The third-order valence-electron chi connectivity index (χ3n) is 3.06. The molecular formula is C17H15Cl3O4. The number of halogens is 3. The first-order chi connectivity index (χ1) is 11.5. The lowest BCUT2D eigenvalue weighted by Gasteiger charge is -2.10. The van der Waals surface area contributed by atoms with Gasteiger partial charge in [0, 0.05) is 17.2 Å². The van der Waals surface area contributed by atoms with Crippen molar-refractivity contribution in [2.75, 3.05) is 13.2 Å². The van der Waals surface area contributed by atoms with Crippen LogP contribution in [-0.2, 0) is 4.74 Å². The molecule has 0 saturated heterocycles. The summed E-state index contributed by atoms with van der Waals surface area (Å²) in [6.07, 6.45) is 1.27. The van der Waals surface area contributed by atoms with Crippen LogP contribution >= 0.6 is 34.8 Å². The van der Waals surface area contributed by atoms with Crippen molar-refractivity contribution in [2.24, 2.45) is 0 Å². The first-order valence-electron chi connectivity index (χ1n) is 7.21. The van der Waals surface area contributed by atoms with Crippen LogP contribution in [0.5, 0.6) is 11.5 Å². The van der Waals surface area contributed by atoms with Gasteiger partial charge in [-0.05, 0) is 31.0 Å². The van der Waals surface area contributed by atoms with E-state index in [2.05, 4.69) is 0 Å². The molecule has 0 aliphatic heterocycles. The zero-order valence-electron chi connectivity index (χ0n) is 12.6. The van der Waals surface area contributed by atoms with Crippen LogP contribution in [0.1, 0.15) is 23.2 Å². The van der Waals surface area contributed by atoms with Gasteiger partial charge in [-0.1, -0.05) is 40.9 Å². The smallest absolute Gasteiger partial charge is 0.338 e. The van der Waals surface area contributed by atoms with Crippen molar-refractivity contribution in [1.29, 1.82) is 0 Å². The normalized spacial score (nSPS) is 10.5. The second-order valence-corrected chi connectivity index (χ2v) is 6.19. The maximum absolute atomic E-state index is 11.8. The van der Waals surface area contributed by atoms with E-state index in [4.69, 9.17) is 44.3 Å². The topological polar surface area (TPSA) is 55.8 Å². The summed E-state index contributed by atoms with van der Waals surface area (Å²) >= 11 is 17.7. The highest BCUT2D eigenvalue weighted by Crippen LogP contribution is 2.36. The Morgan fingerprint density at radius 1 is 1.00 bits per heavy atom. The molecule has 0 amide bonds. The molecule has 2 rings (SSSR count). The van der Waals surface area contributed by atoms with Crippen LogP contribution in [0, 0.1) is 0 Å². The molecule has 0 aliphatic carbocycles. The molecule has 2 aromatic carbocycles. The van der Waals surface area contributed by atoms with Crippen molar-refractivity contribution in [3.05, 3.63) is 57.0 Å². The number of aromatic hydroxyl groups is 1. The molecule has 7 heteroatoms. The fourth-order valence-corrected chi connectivity index (χ4v) is 2.70. The van der Waals surface area contributed by atoms with Crippen molar-refractivity contribution >= 4 is 40.8 Å². The summed E-state index contributed by atoms with van der Waals surface area (Å²) in [6, 6.07) is 9.30. The molecule has 1 N–H and O–H groups in total. The fourth-order valence-electron chi connectivity index (χ4n) is 1.93. The Bertz CT molecular complexity index is 696. The Balaban J connectivity index is 1.70. The number of carbonyl (C=O) groups is 1. The van der Waals surface area contributed by atoms with Gasteiger partial charge < -0.3 is 14.6 Å². The predicted octanol–water partition coefficient (Wildman–Crippen LogP) is 5.37. The number of ether oxygens (including phenoxy) is 2. The fraction of sp³-hybridized carbons (Fsp3) is 0.235. The molecule has 4 nitrogen and oxygen atoms in total. The summed E-state index contributed by atoms with van der Waals surface area (Å²) in [5, 5.41) is 10.3. The number of unbranched alkanes of at least 4 members (excludes halogenated alkanes) is 1. The average Bonchev–Trinajstić information content (AvgIpc) is 2.52. The number of benzene rings is 2. The number of hydrogen-bond acceptors (Lipinski definition) is 4. The summed E-state index contributed by atoms with van der Waals surface area (Å²) in [5.41, 5.74) is 0.418. The Morgan fingerprint density at radius 2 is 1.67 bits per heavy atom. The molecule has 0 spiro atoms. The van der Waals surface area contributed by atoms with Crippen molar-refractivity contribution in [2.45, 2.75) is 12.8 Å². The van der Waals surface area contributed by atoms with E-state index in [1.165, 1.54) is 12.1 Å². The molecule has 0 fully saturated rings. The molecule has 0 atom stereocenters. The van der Waals surface area contributed by atoms with Gasteiger partial charge in [0.2, 0.25) is 0 Å². The van der Waals surface area contributed by atoms with Gasteiger partial charge in [0.1, 0.15) is 5.75 Å². The summed E-state index contributed by atoms with van der Waals surface area (Å²) in [7, 11) is 0. The molecule has 0 heterocycles. The largest absolute Gasteiger partial charge is 0.508 e. The van der Waals surface area contributed by atoms with Crippen LogP contribution in [0.3, 0.4) is 0 Å². The SMILES string of the molecule is O=C(OCCCCOc1c(Cl)cc(O)cc1Cl)c1cccc(Cl)c1. The molecule has 2 aromatic rings. The molecule has 0 radical (unpaired) electrons. The quantitative estimate of drug-likeness (QED) is 0.511. The van der Waals surface area contributed by atoms with Crippen LogP contribution in [0.15, 0.2) is 36.4 Å². The minimum absolute atomic E-state index is 0.0229. The van der Waals surface area contributed by atoms with E-state index in [9.17, 15) is 9.90 Å². The van der Waals surface area contributed by atoms with Crippen molar-refractivity contribution in [3.8, 4) is 11.5 Å². The van der Waals surface area contributed by atoms with Gasteiger partial charge in [-0.2, -0.15) is 0 Å². The first kappa shape index (κ1) is 18.7. The first-order valence-corrected chi connectivity index (χ1v) is 8.34. The highest BCUT2D eigenvalue weighted by Gasteiger charge is 2.10. The van der Waals surface area contributed by atoms with Crippen LogP contribution in [-0.4, -0.2) is 24.3 Å². The molecule has 0 unspecified atom stereocenters. The zero-order chi connectivity index (χ0) is 17.5. The molecule has 0 bridgehead atoms. The van der Waals surface area contributed by atoms with Crippen molar-refractivity contribution in [3.63, 3.8) is 0 Å². The van der Waals surface area contributed by atoms with Crippen molar-refractivity contribution in [1.82, 2.24) is 0 Å². The summed E-state index contributed by atoms with van der Waals surface area (Å²) in [4.78, 5) is 11.8. The highest BCUT2D eigenvalue weighted by atomic mass is 35.5. The van der Waals surface area contributed by atoms with E-state index in [1.54, 1.807) is 24.3 Å². The average molecular weight is 390 g/mol. The van der Waals surface area contributed by atoms with E-state index in [0.717, 1.165) is 0 Å². The maximum Gasteiger partial charge on any atom is 0.338 e. The van der Waals surface area contributed by atoms with Crippen LogP contribution in [0.4, 0.5) is 0 Å². The molecule has 128 valence electrons. The Kier molecular flexibility index (Phi) is 7.03. The van der Waals surface area contributed by atoms with Gasteiger partial charge in [-0.3, -0.25) is 0 Å². The second kappa shape index (κ2) is 9.02. The number of phenols is 1. The Labute approximate surface area is 154 Å².